The Bertz CT molecular complexity index is 971. The van der Waals surface area contributed by atoms with Gasteiger partial charge in [-0.05, 0) is 39.8 Å². The third-order valence-electron chi connectivity index (χ3n) is 4.69. The first-order valence-electron chi connectivity index (χ1n) is 9.30. The Morgan fingerprint density at radius 2 is 2.00 bits per heavy atom. The molecule has 0 bridgehead atoms. The molecule has 2 aromatic rings. The lowest BCUT2D eigenvalue weighted by atomic mass is 10.0. The molecule has 0 unspecified atom stereocenters. The minimum absolute atomic E-state index is 0.133. The van der Waals surface area contributed by atoms with Crippen LogP contribution >= 0.6 is 0 Å². The van der Waals surface area contributed by atoms with E-state index in [1.54, 1.807) is 31.2 Å². The molecule has 1 fully saturated rings. The van der Waals surface area contributed by atoms with E-state index in [0.29, 0.717) is 13.1 Å². The van der Waals surface area contributed by atoms with Crippen molar-refractivity contribution in [3.63, 3.8) is 0 Å². The summed E-state index contributed by atoms with van der Waals surface area (Å²) in [5.74, 6) is 0.133. The first-order valence-corrected chi connectivity index (χ1v) is 10.7. The molecule has 29 heavy (non-hydrogen) atoms. The number of anilines is 1. The van der Waals surface area contributed by atoms with Crippen molar-refractivity contribution in [1.29, 1.82) is 0 Å². The van der Waals surface area contributed by atoms with Gasteiger partial charge in [0, 0.05) is 13.1 Å². The molecule has 158 valence electrons. The molecule has 0 aliphatic carbocycles. The van der Waals surface area contributed by atoms with Crippen molar-refractivity contribution < 1.29 is 27.3 Å². The fraction of sp³-hybridized carbons (Fsp3) is 0.500. The van der Waals surface area contributed by atoms with Gasteiger partial charge in [-0.2, -0.15) is 4.31 Å². The first kappa shape index (κ1) is 21.1. The van der Waals surface area contributed by atoms with Gasteiger partial charge in [-0.3, -0.25) is 9.84 Å². The highest BCUT2D eigenvalue weighted by Crippen LogP contribution is 2.24. The molecule has 1 aliphatic rings. The Morgan fingerprint density at radius 1 is 1.31 bits per heavy atom. The van der Waals surface area contributed by atoms with Crippen LogP contribution in [0.4, 0.5) is 10.7 Å². The number of carbonyl (C=O) groups is 1. The van der Waals surface area contributed by atoms with Crippen LogP contribution in [-0.2, 0) is 14.8 Å². The maximum atomic E-state index is 13.0. The summed E-state index contributed by atoms with van der Waals surface area (Å²) in [6.45, 7) is 8.65. The Labute approximate surface area is 170 Å². The van der Waals surface area contributed by atoms with Gasteiger partial charge >= 0.3 is 12.0 Å². The molecular weight excluding hydrogens is 398 g/mol. The van der Waals surface area contributed by atoms with Crippen LogP contribution in [0.5, 0.6) is 0 Å². The molecular formula is C18H26N5O5S+. The number of carbonyl (C=O) groups excluding carboxylic acids is 1. The standard InChI is InChI=1S/C18H25N5O5S/c1-5-27-17(24)19-16-12-23(20-28-16)22-11-10-21(13-18(22,3)4)29(25,26)15-8-6-14(2)7-9-15/h6-9,12H,5,10-11,13H2,1-4H3/p+1. The van der Waals surface area contributed by atoms with Gasteiger partial charge < -0.3 is 4.74 Å². The summed E-state index contributed by atoms with van der Waals surface area (Å²) < 4.78 is 37.5. The van der Waals surface area contributed by atoms with E-state index in [4.69, 9.17) is 9.26 Å². The molecule has 1 aromatic carbocycles. The van der Waals surface area contributed by atoms with Crippen molar-refractivity contribution >= 4 is 22.0 Å². The van der Waals surface area contributed by atoms with Gasteiger partial charge in [0.2, 0.25) is 15.3 Å². The second-order valence-corrected chi connectivity index (χ2v) is 9.36. The Hall–Kier alpha value is -2.66. The number of piperazine rings is 1. The van der Waals surface area contributed by atoms with E-state index in [1.807, 2.05) is 25.8 Å². The Balaban J connectivity index is 1.74. The molecule has 1 N–H and O–H groups in total. The van der Waals surface area contributed by atoms with Gasteiger partial charge in [0.05, 0.1) is 22.8 Å². The largest absolute Gasteiger partial charge is 0.450 e. The summed E-state index contributed by atoms with van der Waals surface area (Å²) in [5, 5.41) is 8.26. The van der Waals surface area contributed by atoms with Crippen LogP contribution in [0.2, 0.25) is 0 Å². The Kier molecular flexibility index (Phi) is 5.80. The topological polar surface area (TPSA) is 109 Å². The zero-order valence-corrected chi connectivity index (χ0v) is 17.8. The third kappa shape index (κ3) is 4.51. The zero-order valence-electron chi connectivity index (χ0n) is 17.0. The van der Waals surface area contributed by atoms with E-state index in [-0.39, 0.29) is 23.9 Å². The van der Waals surface area contributed by atoms with Crippen molar-refractivity contribution in [1.82, 2.24) is 9.58 Å². The molecule has 1 amide bonds. The number of aromatic nitrogens is 2. The molecule has 0 atom stereocenters. The van der Waals surface area contributed by atoms with Crippen molar-refractivity contribution in [3.05, 3.63) is 36.0 Å². The molecule has 1 aromatic heterocycles. The predicted octanol–water partition coefficient (Wildman–Crippen LogP) is 1.26. The van der Waals surface area contributed by atoms with E-state index in [2.05, 4.69) is 10.6 Å². The van der Waals surface area contributed by atoms with Crippen molar-refractivity contribution in [2.24, 2.45) is 0 Å². The van der Waals surface area contributed by atoms with Gasteiger partial charge in [0.1, 0.15) is 5.54 Å². The van der Waals surface area contributed by atoms with Crippen LogP contribution in [-0.4, -0.2) is 55.9 Å². The zero-order chi connectivity index (χ0) is 21.2. The van der Waals surface area contributed by atoms with Crippen molar-refractivity contribution in [2.45, 2.75) is 38.1 Å². The average Bonchev–Trinajstić information content (AvgIpc) is 3.09. The number of amides is 1. The van der Waals surface area contributed by atoms with E-state index >= 15 is 0 Å². The van der Waals surface area contributed by atoms with Crippen LogP contribution in [0.25, 0.3) is 0 Å². The molecule has 11 heteroatoms. The maximum absolute atomic E-state index is 13.0. The number of hydrogen-bond acceptors (Lipinski definition) is 7. The van der Waals surface area contributed by atoms with Crippen LogP contribution in [0.15, 0.2) is 39.9 Å². The number of rotatable bonds is 5. The fourth-order valence-electron chi connectivity index (χ4n) is 3.22. The number of aryl methyl sites for hydroxylation is 1. The van der Waals surface area contributed by atoms with Crippen molar-refractivity contribution in [3.8, 4) is 0 Å². The number of hydrogen-bond donors (Lipinski definition) is 1. The SMILES string of the molecule is CCOC(=O)Nc1c[n+](N2CCN(S(=O)(=O)c3ccc(C)cc3)CC2(C)C)no1. The number of sulfonamides is 1. The smallest absolute Gasteiger partial charge is 0.414 e. The molecule has 1 saturated heterocycles. The van der Waals surface area contributed by atoms with E-state index in [1.165, 1.54) is 15.3 Å². The van der Waals surface area contributed by atoms with Crippen LogP contribution in [0, 0.1) is 6.92 Å². The quantitative estimate of drug-likeness (QED) is 0.720. The molecule has 1 aliphatic heterocycles. The van der Waals surface area contributed by atoms with E-state index < -0.39 is 21.7 Å². The summed E-state index contributed by atoms with van der Waals surface area (Å²) in [4.78, 5) is 13.3. The van der Waals surface area contributed by atoms with Gasteiger partial charge in [0.15, 0.2) is 0 Å². The number of nitrogens with one attached hydrogen (secondary N) is 1. The molecule has 10 nitrogen and oxygen atoms in total. The highest BCUT2D eigenvalue weighted by atomic mass is 32.2. The van der Waals surface area contributed by atoms with Gasteiger partial charge in [0.25, 0.3) is 6.20 Å². The first-order chi connectivity index (χ1) is 13.6. The van der Waals surface area contributed by atoms with E-state index in [9.17, 15) is 13.2 Å². The van der Waals surface area contributed by atoms with Crippen molar-refractivity contribution in [2.75, 3.05) is 36.6 Å². The maximum Gasteiger partial charge on any atom is 0.414 e. The van der Waals surface area contributed by atoms with Crippen LogP contribution in [0.3, 0.4) is 0 Å². The monoisotopic (exact) mass is 424 g/mol. The molecule has 3 rings (SSSR count). The predicted molar refractivity (Wildman–Crippen MR) is 104 cm³/mol. The Morgan fingerprint density at radius 3 is 2.62 bits per heavy atom. The minimum Gasteiger partial charge on any atom is -0.450 e. The normalized spacial score (nSPS) is 17.2. The van der Waals surface area contributed by atoms with Crippen LogP contribution in [0.1, 0.15) is 26.3 Å². The summed E-state index contributed by atoms with van der Waals surface area (Å²) in [6.07, 6.45) is 0.882. The molecule has 0 radical (unpaired) electrons. The number of nitrogens with zero attached hydrogens (tertiary/aromatic N) is 4. The molecule has 0 spiro atoms. The summed E-state index contributed by atoms with van der Waals surface area (Å²) in [7, 11) is -3.59. The third-order valence-corrected chi connectivity index (χ3v) is 6.54. The molecule has 2 heterocycles. The fourth-order valence-corrected chi connectivity index (χ4v) is 4.81. The lowest BCUT2D eigenvalue weighted by molar-refractivity contribution is -0.766. The highest BCUT2D eigenvalue weighted by Gasteiger charge is 2.44. The van der Waals surface area contributed by atoms with Crippen LogP contribution < -0.4 is 15.1 Å². The number of benzene rings is 1. The summed E-state index contributed by atoms with van der Waals surface area (Å²) in [5.41, 5.74) is 0.433. The lowest BCUT2D eigenvalue weighted by Crippen LogP contribution is -2.74. The minimum atomic E-state index is -3.59. The highest BCUT2D eigenvalue weighted by molar-refractivity contribution is 7.89. The average molecular weight is 425 g/mol. The summed E-state index contributed by atoms with van der Waals surface area (Å²) in [6, 6.07) is 6.84. The number of ether oxygens (including phenoxy) is 1. The van der Waals surface area contributed by atoms with Gasteiger partial charge in [-0.15, -0.1) is 5.01 Å². The van der Waals surface area contributed by atoms with Gasteiger partial charge in [-0.1, -0.05) is 17.7 Å². The summed E-state index contributed by atoms with van der Waals surface area (Å²) >= 11 is 0. The molecule has 0 saturated carbocycles. The lowest BCUT2D eigenvalue weighted by Gasteiger charge is -2.41. The van der Waals surface area contributed by atoms with E-state index in [0.717, 1.165) is 5.56 Å². The van der Waals surface area contributed by atoms with Gasteiger partial charge in [-0.25, -0.2) is 13.2 Å². The second kappa shape index (κ2) is 7.99. The second-order valence-electron chi connectivity index (χ2n) is 7.42.